The number of nitrogens with zero attached hydrogens (tertiary/aromatic N) is 2. The Kier molecular flexibility index (Phi) is 7.98. The first-order valence-corrected chi connectivity index (χ1v) is 13.0. The maximum absolute atomic E-state index is 13.5. The summed E-state index contributed by atoms with van der Waals surface area (Å²) in [6.07, 6.45) is -3.68. The van der Waals surface area contributed by atoms with Crippen molar-refractivity contribution in [1.82, 2.24) is 9.80 Å². The van der Waals surface area contributed by atoms with Crippen LogP contribution >= 0.6 is 0 Å². The van der Waals surface area contributed by atoms with Crippen LogP contribution in [0.4, 0.5) is 23.7 Å². The fourth-order valence-corrected chi connectivity index (χ4v) is 5.14. The number of para-hydroxylation sites is 1. The highest BCUT2D eigenvalue weighted by Crippen LogP contribution is 2.37. The van der Waals surface area contributed by atoms with Gasteiger partial charge in [-0.15, -0.1) is 0 Å². The highest BCUT2D eigenvalue weighted by Gasteiger charge is 2.33. The van der Waals surface area contributed by atoms with E-state index in [2.05, 4.69) is 22.3 Å². The Bertz CT molecular complexity index is 1380. The van der Waals surface area contributed by atoms with Gasteiger partial charge in [-0.3, -0.25) is 4.90 Å². The molecular weight excluding hydrogens is 499 g/mol. The number of hydrogen-bond donors (Lipinski definition) is 1. The van der Waals surface area contributed by atoms with Crippen LogP contribution in [0, 0.1) is 0 Å². The Morgan fingerprint density at radius 1 is 0.769 bits per heavy atom. The van der Waals surface area contributed by atoms with Gasteiger partial charge in [-0.1, -0.05) is 91.0 Å². The SMILES string of the molecule is O=C(Nc1ccccc1)N1CCN(Cc2ccc(-c3ccccc3C(F)(F)F)cc2)C[C@@H]1Cc1ccccc1. The van der Waals surface area contributed by atoms with E-state index in [4.69, 9.17) is 0 Å². The Balaban J connectivity index is 1.29. The van der Waals surface area contributed by atoms with Gasteiger partial charge in [0.25, 0.3) is 0 Å². The molecule has 39 heavy (non-hydrogen) atoms. The molecule has 7 heteroatoms. The number of urea groups is 1. The number of rotatable bonds is 6. The normalized spacial score (nSPS) is 16.2. The summed E-state index contributed by atoms with van der Waals surface area (Å²) in [6.45, 7) is 2.62. The molecule has 200 valence electrons. The number of benzene rings is 4. The summed E-state index contributed by atoms with van der Waals surface area (Å²) in [5, 5.41) is 3.02. The Morgan fingerprint density at radius 3 is 2.10 bits per heavy atom. The van der Waals surface area contributed by atoms with Crippen LogP contribution in [-0.2, 0) is 19.1 Å². The Hall–Kier alpha value is -4.10. The van der Waals surface area contributed by atoms with Crippen LogP contribution in [0.15, 0.2) is 109 Å². The van der Waals surface area contributed by atoms with E-state index in [0.717, 1.165) is 29.3 Å². The molecule has 0 bridgehead atoms. The zero-order valence-corrected chi connectivity index (χ0v) is 21.4. The first kappa shape index (κ1) is 26.5. The molecule has 5 rings (SSSR count). The summed E-state index contributed by atoms with van der Waals surface area (Å²) in [5.41, 5.74) is 3.02. The average molecular weight is 530 g/mol. The van der Waals surface area contributed by atoms with E-state index in [1.54, 1.807) is 18.2 Å². The summed E-state index contributed by atoms with van der Waals surface area (Å²) in [6, 6.07) is 32.4. The van der Waals surface area contributed by atoms with Crippen LogP contribution in [0.2, 0.25) is 0 Å². The molecule has 1 atom stereocenters. The molecule has 1 saturated heterocycles. The zero-order chi connectivity index (χ0) is 27.2. The fraction of sp³-hybridized carbons (Fsp3) is 0.219. The van der Waals surface area contributed by atoms with Gasteiger partial charge in [0.15, 0.2) is 0 Å². The van der Waals surface area contributed by atoms with Gasteiger partial charge < -0.3 is 10.2 Å². The molecule has 1 heterocycles. The second kappa shape index (κ2) is 11.7. The van der Waals surface area contributed by atoms with Crippen molar-refractivity contribution in [3.63, 3.8) is 0 Å². The molecular formula is C32H30F3N3O. The smallest absolute Gasteiger partial charge is 0.319 e. The molecule has 4 nitrogen and oxygen atoms in total. The third-order valence-electron chi connectivity index (χ3n) is 7.07. The first-order valence-electron chi connectivity index (χ1n) is 13.0. The number of anilines is 1. The Labute approximate surface area is 226 Å². The van der Waals surface area contributed by atoms with Crippen molar-refractivity contribution in [2.75, 3.05) is 25.0 Å². The van der Waals surface area contributed by atoms with E-state index in [0.29, 0.717) is 31.7 Å². The number of hydrogen-bond acceptors (Lipinski definition) is 2. The minimum absolute atomic E-state index is 0.0252. The fourth-order valence-electron chi connectivity index (χ4n) is 5.14. The van der Waals surface area contributed by atoms with Crippen molar-refractivity contribution < 1.29 is 18.0 Å². The van der Waals surface area contributed by atoms with Gasteiger partial charge in [0, 0.05) is 31.9 Å². The monoisotopic (exact) mass is 529 g/mol. The number of carbonyl (C=O) groups excluding carboxylic acids is 1. The van der Waals surface area contributed by atoms with Crippen molar-refractivity contribution in [2.45, 2.75) is 25.2 Å². The molecule has 4 aromatic rings. The highest BCUT2D eigenvalue weighted by atomic mass is 19.4. The molecule has 1 N–H and O–H groups in total. The van der Waals surface area contributed by atoms with E-state index in [1.807, 2.05) is 65.6 Å². The lowest BCUT2D eigenvalue weighted by Gasteiger charge is -2.41. The van der Waals surface area contributed by atoms with Gasteiger partial charge in [-0.25, -0.2) is 4.79 Å². The molecule has 0 spiro atoms. The average Bonchev–Trinajstić information content (AvgIpc) is 2.94. The van der Waals surface area contributed by atoms with Gasteiger partial charge in [0.1, 0.15) is 0 Å². The summed E-state index contributed by atoms with van der Waals surface area (Å²) in [7, 11) is 0. The van der Waals surface area contributed by atoms with Gasteiger partial charge in [-0.05, 0) is 46.9 Å². The summed E-state index contributed by atoms with van der Waals surface area (Å²) in [4.78, 5) is 17.4. The number of piperazine rings is 1. The molecule has 2 amide bonds. The predicted octanol–water partition coefficient (Wildman–Crippen LogP) is 7.33. The van der Waals surface area contributed by atoms with E-state index >= 15 is 0 Å². The number of alkyl halides is 3. The van der Waals surface area contributed by atoms with Crippen LogP contribution in [-0.4, -0.2) is 41.5 Å². The number of halogens is 3. The number of carbonyl (C=O) groups is 1. The largest absolute Gasteiger partial charge is 0.417 e. The van der Waals surface area contributed by atoms with Crippen molar-refractivity contribution in [2.24, 2.45) is 0 Å². The van der Waals surface area contributed by atoms with Crippen molar-refractivity contribution >= 4 is 11.7 Å². The van der Waals surface area contributed by atoms with E-state index < -0.39 is 11.7 Å². The van der Waals surface area contributed by atoms with Crippen molar-refractivity contribution in [3.05, 3.63) is 126 Å². The van der Waals surface area contributed by atoms with Crippen LogP contribution < -0.4 is 5.32 Å². The molecule has 0 radical (unpaired) electrons. The Morgan fingerprint density at radius 2 is 1.41 bits per heavy atom. The van der Waals surface area contributed by atoms with Gasteiger partial charge in [0.05, 0.1) is 11.6 Å². The predicted molar refractivity (Wildman–Crippen MR) is 148 cm³/mol. The molecule has 0 saturated carbocycles. The van der Waals surface area contributed by atoms with E-state index in [-0.39, 0.29) is 17.6 Å². The van der Waals surface area contributed by atoms with E-state index in [1.165, 1.54) is 12.1 Å². The number of nitrogens with one attached hydrogen (secondary N) is 1. The summed E-state index contributed by atoms with van der Waals surface area (Å²) < 4.78 is 40.5. The number of amides is 2. The van der Waals surface area contributed by atoms with Gasteiger partial charge in [-0.2, -0.15) is 13.2 Å². The maximum Gasteiger partial charge on any atom is 0.417 e. The second-order valence-corrected chi connectivity index (χ2v) is 9.81. The lowest BCUT2D eigenvalue weighted by molar-refractivity contribution is -0.137. The molecule has 0 unspecified atom stereocenters. The zero-order valence-electron chi connectivity index (χ0n) is 21.4. The van der Waals surface area contributed by atoms with Crippen LogP contribution in [0.3, 0.4) is 0 Å². The van der Waals surface area contributed by atoms with Gasteiger partial charge in [0.2, 0.25) is 0 Å². The highest BCUT2D eigenvalue weighted by molar-refractivity contribution is 5.89. The molecule has 0 aromatic heterocycles. The molecule has 1 fully saturated rings. The topological polar surface area (TPSA) is 35.6 Å². The van der Waals surface area contributed by atoms with Crippen LogP contribution in [0.25, 0.3) is 11.1 Å². The molecule has 1 aliphatic heterocycles. The van der Waals surface area contributed by atoms with Crippen LogP contribution in [0.1, 0.15) is 16.7 Å². The van der Waals surface area contributed by atoms with Crippen LogP contribution in [0.5, 0.6) is 0 Å². The lowest BCUT2D eigenvalue weighted by atomic mass is 9.98. The first-order chi connectivity index (χ1) is 18.9. The quantitative estimate of drug-likeness (QED) is 0.284. The minimum Gasteiger partial charge on any atom is -0.319 e. The van der Waals surface area contributed by atoms with Crippen molar-refractivity contribution in [1.29, 1.82) is 0 Å². The summed E-state index contributed by atoms with van der Waals surface area (Å²) >= 11 is 0. The third-order valence-corrected chi connectivity index (χ3v) is 7.07. The molecule has 4 aromatic carbocycles. The van der Waals surface area contributed by atoms with E-state index in [9.17, 15) is 18.0 Å². The van der Waals surface area contributed by atoms with Crippen molar-refractivity contribution in [3.8, 4) is 11.1 Å². The van der Waals surface area contributed by atoms with Gasteiger partial charge >= 0.3 is 12.2 Å². The lowest BCUT2D eigenvalue weighted by Crippen LogP contribution is -2.56. The molecule has 0 aliphatic carbocycles. The maximum atomic E-state index is 13.5. The third kappa shape index (κ3) is 6.67. The minimum atomic E-state index is -4.41. The summed E-state index contributed by atoms with van der Waals surface area (Å²) in [5.74, 6) is 0. The standard InChI is InChI=1S/C32H30F3N3O/c33-32(34,35)30-14-8-7-13-29(30)26-17-15-25(16-18-26)22-37-19-20-38(31(39)36-27-11-5-2-6-12-27)28(23-37)21-24-9-3-1-4-10-24/h1-18,28H,19-23H2,(H,36,39)/t28-/m0/s1. The second-order valence-electron chi connectivity index (χ2n) is 9.81. The molecule has 1 aliphatic rings.